The van der Waals surface area contributed by atoms with E-state index in [2.05, 4.69) is 37.5 Å². The van der Waals surface area contributed by atoms with E-state index in [1.54, 1.807) is 0 Å². The van der Waals surface area contributed by atoms with E-state index in [-0.39, 0.29) is 0 Å². The lowest BCUT2D eigenvalue weighted by molar-refractivity contribution is 0.136. The van der Waals surface area contributed by atoms with Gasteiger partial charge in [-0.25, -0.2) is 0 Å². The molecule has 0 aromatic heterocycles. The molecule has 0 aromatic rings. The topological polar surface area (TPSA) is 15.7 Å². The second-order valence-corrected chi connectivity index (χ2v) is 6.64. The summed E-state index contributed by atoms with van der Waals surface area (Å²) in [5.74, 6) is 0. The first-order valence-corrected chi connectivity index (χ1v) is 10.7. The molecule has 2 aliphatic heterocycles. The van der Waals surface area contributed by atoms with Crippen LogP contribution < -0.4 is 0 Å². The van der Waals surface area contributed by atoms with Crippen molar-refractivity contribution in [2.75, 3.05) is 39.4 Å². The van der Waals surface area contributed by atoms with Crippen LogP contribution in [0, 0.1) is 0 Å². The zero-order valence-corrected chi connectivity index (χ0v) is 18.2. The van der Waals surface area contributed by atoms with Crippen LogP contribution in [0.5, 0.6) is 0 Å². The van der Waals surface area contributed by atoms with Gasteiger partial charge in [0, 0.05) is 31.8 Å². The lowest BCUT2D eigenvalue weighted by atomic mass is 10.2. The van der Waals surface area contributed by atoms with Crippen molar-refractivity contribution in [2.24, 2.45) is 0 Å². The molecule has 0 N–H and O–H groups in total. The minimum Gasteiger partial charge on any atom is -0.380 e. The summed E-state index contributed by atoms with van der Waals surface area (Å²) >= 11 is 0. The maximum Gasteiger partial charge on any atom is 0.0593 e. The van der Waals surface area contributed by atoms with Crippen LogP contribution in [0.2, 0.25) is 0 Å². The summed E-state index contributed by atoms with van der Waals surface area (Å²) < 4.78 is 5.33. The lowest BCUT2D eigenvalue weighted by Crippen LogP contribution is -2.32. The Morgan fingerprint density at radius 3 is 1.42 bits per heavy atom. The van der Waals surface area contributed by atoms with Crippen molar-refractivity contribution in [3.63, 3.8) is 0 Å². The van der Waals surface area contributed by atoms with E-state index in [1.165, 1.54) is 51.7 Å². The van der Waals surface area contributed by atoms with Gasteiger partial charge in [0.1, 0.15) is 0 Å². The number of ether oxygens (including phenoxy) is 1. The maximum absolute atomic E-state index is 5.33. The van der Waals surface area contributed by atoms with E-state index < -0.39 is 0 Å². The zero-order valence-electron chi connectivity index (χ0n) is 18.2. The standard InChI is InChI=1S/C9H19N.C8H17NO.2C2H6/c1-9(2)10-7-5-3-4-6-8-10;1-8(2)9-4-3-6-10-7-5-9;2*1-2/h9H,3-8H2,1-2H3;8H,3-7H2,1-2H3;2*1-2H3. The Kier molecular flexibility index (Phi) is 20.9. The van der Waals surface area contributed by atoms with Gasteiger partial charge < -0.3 is 9.64 Å². The number of hydrogen-bond acceptors (Lipinski definition) is 3. The highest BCUT2D eigenvalue weighted by Crippen LogP contribution is 2.11. The fraction of sp³-hybridized carbons (Fsp3) is 1.00. The van der Waals surface area contributed by atoms with E-state index in [0.29, 0.717) is 6.04 Å². The van der Waals surface area contributed by atoms with Crippen molar-refractivity contribution in [3.8, 4) is 0 Å². The van der Waals surface area contributed by atoms with Crippen LogP contribution >= 0.6 is 0 Å². The number of nitrogens with zero attached hydrogens (tertiary/aromatic N) is 2. The van der Waals surface area contributed by atoms with Gasteiger partial charge in [0.2, 0.25) is 0 Å². The molecular weight excluding hydrogens is 296 g/mol. The molecular formula is C21H48N2O. The van der Waals surface area contributed by atoms with Crippen LogP contribution in [0.4, 0.5) is 0 Å². The van der Waals surface area contributed by atoms with Crippen molar-refractivity contribution in [1.82, 2.24) is 9.80 Å². The minimum absolute atomic E-state index is 0.682. The summed E-state index contributed by atoms with van der Waals surface area (Å²) in [7, 11) is 0. The molecule has 0 atom stereocenters. The Morgan fingerprint density at radius 2 is 0.958 bits per heavy atom. The summed E-state index contributed by atoms with van der Waals surface area (Å²) in [6, 6.07) is 1.44. The molecule has 148 valence electrons. The first-order chi connectivity index (χ1) is 11.6. The van der Waals surface area contributed by atoms with Crippen LogP contribution in [-0.2, 0) is 4.74 Å². The summed E-state index contributed by atoms with van der Waals surface area (Å²) in [4.78, 5) is 5.06. The molecule has 2 rings (SSSR count). The molecule has 0 aromatic carbocycles. The molecule has 0 spiro atoms. The molecule has 2 aliphatic rings. The van der Waals surface area contributed by atoms with Gasteiger partial charge in [0.15, 0.2) is 0 Å². The van der Waals surface area contributed by atoms with Gasteiger partial charge in [0.25, 0.3) is 0 Å². The molecule has 0 radical (unpaired) electrons. The van der Waals surface area contributed by atoms with E-state index >= 15 is 0 Å². The quantitative estimate of drug-likeness (QED) is 0.663. The monoisotopic (exact) mass is 344 g/mol. The fourth-order valence-corrected chi connectivity index (χ4v) is 2.89. The first kappa shape index (κ1) is 26.1. The average molecular weight is 345 g/mol. The van der Waals surface area contributed by atoms with Crippen molar-refractivity contribution >= 4 is 0 Å². The average Bonchev–Trinajstić information content (AvgIpc) is 3.04. The molecule has 24 heavy (non-hydrogen) atoms. The summed E-state index contributed by atoms with van der Waals surface area (Å²) in [5, 5.41) is 0. The molecule has 2 saturated heterocycles. The maximum atomic E-state index is 5.33. The molecule has 3 heteroatoms. The van der Waals surface area contributed by atoms with Gasteiger partial charge in [-0.3, -0.25) is 4.90 Å². The van der Waals surface area contributed by atoms with Crippen molar-refractivity contribution in [1.29, 1.82) is 0 Å². The zero-order chi connectivity index (χ0) is 18.8. The largest absolute Gasteiger partial charge is 0.380 e. The Hall–Kier alpha value is -0.120. The van der Waals surface area contributed by atoms with Crippen LogP contribution in [0.3, 0.4) is 0 Å². The summed E-state index contributed by atoms with van der Waals surface area (Å²) in [5.41, 5.74) is 0. The third-order valence-electron chi connectivity index (χ3n) is 4.36. The van der Waals surface area contributed by atoms with Gasteiger partial charge >= 0.3 is 0 Å². The van der Waals surface area contributed by atoms with Gasteiger partial charge in [-0.05, 0) is 60.0 Å². The number of hydrogen-bond donors (Lipinski definition) is 0. The predicted molar refractivity (Wildman–Crippen MR) is 110 cm³/mol. The number of likely N-dealkylation sites (tertiary alicyclic amines) is 1. The fourth-order valence-electron chi connectivity index (χ4n) is 2.89. The van der Waals surface area contributed by atoms with E-state index in [1.807, 2.05) is 27.7 Å². The third kappa shape index (κ3) is 14.2. The second kappa shape index (κ2) is 19.2. The van der Waals surface area contributed by atoms with Gasteiger partial charge in [-0.2, -0.15) is 0 Å². The van der Waals surface area contributed by atoms with Crippen molar-refractivity contribution in [2.45, 2.75) is 99.6 Å². The lowest BCUT2D eigenvalue weighted by Gasteiger charge is -2.23. The van der Waals surface area contributed by atoms with Gasteiger partial charge in [0.05, 0.1) is 6.61 Å². The summed E-state index contributed by atoms with van der Waals surface area (Å²) in [6.07, 6.45) is 6.92. The Balaban J connectivity index is 0. The Bertz CT molecular complexity index is 192. The van der Waals surface area contributed by atoms with Crippen LogP contribution in [0.1, 0.15) is 87.5 Å². The first-order valence-electron chi connectivity index (χ1n) is 10.7. The third-order valence-corrected chi connectivity index (χ3v) is 4.36. The molecule has 2 heterocycles. The smallest absolute Gasteiger partial charge is 0.0593 e. The van der Waals surface area contributed by atoms with Crippen molar-refractivity contribution in [3.05, 3.63) is 0 Å². The van der Waals surface area contributed by atoms with E-state index in [9.17, 15) is 0 Å². The second-order valence-electron chi connectivity index (χ2n) is 6.64. The highest BCUT2D eigenvalue weighted by Gasteiger charge is 2.11. The van der Waals surface area contributed by atoms with Crippen molar-refractivity contribution < 1.29 is 4.74 Å². The van der Waals surface area contributed by atoms with Crippen LogP contribution in [-0.4, -0.2) is 61.3 Å². The minimum atomic E-state index is 0.682. The number of rotatable bonds is 2. The molecule has 0 aliphatic carbocycles. The summed E-state index contributed by atoms with van der Waals surface area (Å²) in [6.45, 7) is 23.9. The van der Waals surface area contributed by atoms with Crippen LogP contribution in [0.15, 0.2) is 0 Å². The molecule has 0 unspecified atom stereocenters. The molecule has 0 amide bonds. The Labute approximate surface area is 154 Å². The molecule has 0 bridgehead atoms. The molecule has 2 fully saturated rings. The highest BCUT2D eigenvalue weighted by atomic mass is 16.5. The normalized spacial score (nSPS) is 19.8. The Morgan fingerprint density at radius 1 is 0.542 bits per heavy atom. The van der Waals surface area contributed by atoms with E-state index in [4.69, 9.17) is 4.74 Å². The highest BCUT2D eigenvalue weighted by molar-refractivity contribution is 4.66. The SMILES string of the molecule is CC.CC.CC(C)N1CCCCCC1.CC(C)N1CCCOCC1. The van der Waals surface area contributed by atoms with Gasteiger partial charge in [-0.15, -0.1) is 0 Å². The molecule has 0 saturated carbocycles. The van der Waals surface area contributed by atoms with E-state index in [0.717, 1.165) is 25.8 Å². The van der Waals surface area contributed by atoms with Crippen LogP contribution in [0.25, 0.3) is 0 Å². The molecule has 3 nitrogen and oxygen atoms in total. The van der Waals surface area contributed by atoms with Gasteiger partial charge in [-0.1, -0.05) is 40.5 Å². The predicted octanol–water partition coefficient (Wildman–Crippen LogP) is 5.44.